The van der Waals surface area contributed by atoms with Crippen LogP contribution in [0, 0.1) is 5.92 Å². The smallest absolute Gasteiger partial charge is 0.407 e. The highest BCUT2D eigenvalue weighted by molar-refractivity contribution is 7.99. The van der Waals surface area contributed by atoms with Crippen LogP contribution >= 0.6 is 11.8 Å². The maximum atomic E-state index is 12.4. The molecular weight excluding hydrogens is 298 g/mol. The molecule has 1 rings (SSSR count). The van der Waals surface area contributed by atoms with Crippen molar-refractivity contribution < 1.29 is 14.3 Å². The summed E-state index contributed by atoms with van der Waals surface area (Å²) in [5.41, 5.74) is -0.486. The predicted octanol–water partition coefficient (Wildman–Crippen LogP) is 4.17. The van der Waals surface area contributed by atoms with Crippen LogP contribution in [0.1, 0.15) is 65.7 Å². The van der Waals surface area contributed by atoms with E-state index in [1.165, 1.54) is 32.1 Å². The van der Waals surface area contributed by atoms with E-state index < -0.39 is 11.7 Å². The fraction of sp³-hybridized carbons (Fsp3) is 0.882. The van der Waals surface area contributed by atoms with Crippen molar-refractivity contribution in [1.29, 1.82) is 0 Å². The van der Waals surface area contributed by atoms with Gasteiger partial charge in [0.1, 0.15) is 11.4 Å². The third-order valence-corrected chi connectivity index (χ3v) is 5.00. The second kappa shape index (κ2) is 9.43. The van der Waals surface area contributed by atoms with Gasteiger partial charge in [-0.15, -0.1) is 0 Å². The number of amides is 1. The zero-order valence-electron chi connectivity index (χ0n) is 14.4. The second-order valence-corrected chi connectivity index (χ2v) is 8.16. The molecule has 0 aliphatic heterocycles. The minimum Gasteiger partial charge on any atom is -0.444 e. The summed E-state index contributed by atoms with van der Waals surface area (Å²) in [6.45, 7) is 6.00. The van der Waals surface area contributed by atoms with Crippen LogP contribution in [-0.2, 0) is 9.53 Å². The van der Waals surface area contributed by atoms with Crippen molar-refractivity contribution in [2.24, 2.45) is 5.92 Å². The average molecular weight is 330 g/mol. The molecule has 4 nitrogen and oxygen atoms in total. The Kier molecular flexibility index (Phi) is 8.29. The zero-order valence-corrected chi connectivity index (χ0v) is 15.3. The normalized spacial score (nSPS) is 17.8. The Morgan fingerprint density at radius 1 is 1.23 bits per heavy atom. The SMILES string of the molecule is CSC(CCNC(=O)OC(C)(C)C)C(=O)CC1CCCCC1. The molecule has 0 aromatic carbocycles. The van der Waals surface area contributed by atoms with Crippen LogP contribution in [0.4, 0.5) is 4.79 Å². The van der Waals surface area contributed by atoms with Crippen molar-refractivity contribution >= 4 is 23.6 Å². The fourth-order valence-corrected chi connectivity index (χ4v) is 3.55. The topological polar surface area (TPSA) is 55.4 Å². The van der Waals surface area contributed by atoms with E-state index in [9.17, 15) is 9.59 Å². The highest BCUT2D eigenvalue weighted by Gasteiger charge is 2.23. The first-order valence-electron chi connectivity index (χ1n) is 8.34. The lowest BCUT2D eigenvalue weighted by molar-refractivity contribution is -0.119. The third-order valence-electron chi connectivity index (χ3n) is 3.93. The lowest BCUT2D eigenvalue weighted by atomic mass is 9.85. The van der Waals surface area contributed by atoms with Crippen molar-refractivity contribution in [3.63, 3.8) is 0 Å². The molecule has 1 unspecified atom stereocenters. The average Bonchev–Trinajstić information content (AvgIpc) is 2.42. The van der Waals surface area contributed by atoms with Crippen molar-refractivity contribution in [3.8, 4) is 0 Å². The molecule has 1 aliphatic carbocycles. The Morgan fingerprint density at radius 3 is 2.41 bits per heavy atom. The first kappa shape index (κ1) is 19.3. The van der Waals surface area contributed by atoms with Crippen LogP contribution < -0.4 is 5.32 Å². The predicted molar refractivity (Wildman–Crippen MR) is 92.4 cm³/mol. The molecule has 22 heavy (non-hydrogen) atoms. The summed E-state index contributed by atoms with van der Waals surface area (Å²) in [5, 5.41) is 2.72. The first-order chi connectivity index (χ1) is 10.3. The van der Waals surface area contributed by atoms with Gasteiger partial charge in [-0.3, -0.25) is 4.79 Å². The lowest BCUT2D eigenvalue weighted by Gasteiger charge is -2.23. The van der Waals surface area contributed by atoms with Crippen LogP contribution in [0.2, 0.25) is 0 Å². The molecule has 1 aliphatic rings. The molecule has 0 aromatic rings. The molecule has 1 amide bonds. The van der Waals surface area contributed by atoms with Gasteiger partial charge in [0.15, 0.2) is 0 Å². The molecule has 0 aromatic heterocycles. The van der Waals surface area contributed by atoms with E-state index in [1.54, 1.807) is 11.8 Å². The standard InChI is InChI=1S/C17H31NO3S/c1-17(2,3)21-16(20)18-11-10-15(22-4)14(19)12-13-8-6-5-7-9-13/h13,15H,5-12H2,1-4H3,(H,18,20). The molecule has 1 atom stereocenters. The van der Waals surface area contributed by atoms with Crippen LogP contribution in [0.25, 0.3) is 0 Å². The Balaban J connectivity index is 2.28. The molecule has 0 heterocycles. The van der Waals surface area contributed by atoms with Crippen LogP contribution in [0.3, 0.4) is 0 Å². The minimum atomic E-state index is -0.486. The number of thioether (sulfide) groups is 1. The van der Waals surface area contributed by atoms with E-state index in [-0.39, 0.29) is 5.25 Å². The summed E-state index contributed by atoms with van der Waals surface area (Å²) in [4.78, 5) is 24.0. The highest BCUT2D eigenvalue weighted by Crippen LogP contribution is 2.28. The maximum Gasteiger partial charge on any atom is 0.407 e. The summed E-state index contributed by atoms with van der Waals surface area (Å²) >= 11 is 1.59. The molecule has 0 radical (unpaired) electrons. The van der Waals surface area contributed by atoms with Gasteiger partial charge in [0.2, 0.25) is 0 Å². The first-order valence-corrected chi connectivity index (χ1v) is 9.63. The molecule has 0 spiro atoms. The number of Topliss-reactive ketones (excluding diaryl/α,β-unsaturated/α-hetero) is 1. The number of rotatable bonds is 7. The van der Waals surface area contributed by atoms with Crippen molar-refractivity contribution in [3.05, 3.63) is 0 Å². The van der Waals surface area contributed by atoms with Gasteiger partial charge < -0.3 is 10.1 Å². The van der Waals surface area contributed by atoms with Gasteiger partial charge in [-0.2, -0.15) is 11.8 Å². The number of ether oxygens (including phenoxy) is 1. The van der Waals surface area contributed by atoms with Gasteiger partial charge in [0.25, 0.3) is 0 Å². The van der Waals surface area contributed by atoms with E-state index >= 15 is 0 Å². The number of ketones is 1. The summed E-state index contributed by atoms with van der Waals surface area (Å²) in [5.74, 6) is 0.917. The summed E-state index contributed by atoms with van der Waals surface area (Å²) in [6, 6.07) is 0. The lowest BCUT2D eigenvalue weighted by Crippen LogP contribution is -2.34. The molecule has 128 valence electrons. The number of carbonyl (C=O) groups is 2. The Labute approximate surface area is 139 Å². The molecule has 1 saturated carbocycles. The molecule has 1 N–H and O–H groups in total. The zero-order chi connectivity index (χ0) is 16.6. The van der Waals surface area contributed by atoms with Crippen molar-refractivity contribution in [1.82, 2.24) is 5.32 Å². The van der Waals surface area contributed by atoms with E-state index in [2.05, 4.69) is 5.32 Å². The van der Waals surface area contributed by atoms with Gasteiger partial charge in [-0.1, -0.05) is 32.1 Å². The van der Waals surface area contributed by atoms with E-state index in [0.717, 1.165) is 0 Å². The number of carbonyl (C=O) groups excluding carboxylic acids is 2. The largest absolute Gasteiger partial charge is 0.444 e. The summed E-state index contributed by atoms with van der Waals surface area (Å²) in [6.07, 6.45) is 9.18. The van der Waals surface area contributed by atoms with E-state index in [1.807, 2.05) is 27.0 Å². The van der Waals surface area contributed by atoms with E-state index in [0.29, 0.717) is 31.1 Å². The second-order valence-electron chi connectivity index (χ2n) is 7.12. The van der Waals surface area contributed by atoms with Crippen LogP contribution in [0.15, 0.2) is 0 Å². The number of nitrogens with one attached hydrogen (secondary N) is 1. The molecule has 0 saturated heterocycles. The van der Waals surface area contributed by atoms with Gasteiger partial charge in [-0.25, -0.2) is 4.79 Å². The third kappa shape index (κ3) is 8.06. The molecule has 0 bridgehead atoms. The number of hydrogen-bond donors (Lipinski definition) is 1. The number of alkyl carbamates (subject to hydrolysis) is 1. The molecule has 1 fully saturated rings. The highest BCUT2D eigenvalue weighted by atomic mass is 32.2. The molecular formula is C17H31NO3S. The van der Waals surface area contributed by atoms with Crippen LogP contribution in [-0.4, -0.2) is 35.5 Å². The Morgan fingerprint density at radius 2 is 1.86 bits per heavy atom. The summed E-state index contributed by atoms with van der Waals surface area (Å²) < 4.78 is 5.19. The van der Waals surface area contributed by atoms with E-state index in [4.69, 9.17) is 4.74 Å². The molecule has 5 heteroatoms. The summed E-state index contributed by atoms with van der Waals surface area (Å²) in [7, 11) is 0. The van der Waals surface area contributed by atoms with Crippen molar-refractivity contribution in [2.45, 2.75) is 76.6 Å². The van der Waals surface area contributed by atoms with Gasteiger partial charge in [0, 0.05) is 13.0 Å². The van der Waals surface area contributed by atoms with Gasteiger partial charge in [0.05, 0.1) is 5.25 Å². The maximum absolute atomic E-state index is 12.4. The number of hydrogen-bond acceptors (Lipinski definition) is 4. The van der Waals surface area contributed by atoms with Crippen molar-refractivity contribution in [2.75, 3.05) is 12.8 Å². The van der Waals surface area contributed by atoms with Gasteiger partial charge >= 0.3 is 6.09 Å². The van der Waals surface area contributed by atoms with Gasteiger partial charge in [-0.05, 0) is 39.4 Å². The van der Waals surface area contributed by atoms with Crippen LogP contribution in [0.5, 0.6) is 0 Å². The quantitative estimate of drug-likeness (QED) is 0.761. The Hall–Kier alpha value is -0.710. The minimum absolute atomic E-state index is 0.0168. The monoisotopic (exact) mass is 329 g/mol. The Bertz CT molecular complexity index is 359. The fourth-order valence-electron chi connectivity index (χ4n) is 2.84.